The van der Waals surface area contributed by atoms with Crippen LogP contribution < -0.4 is 0 Å². The third-order valence-electron chi connectivity index (χ3n) is 3.24. The molecule has 0 saturated heterocycles. The van der Waals surface area contributed by atoms with E-state index in [1.807, 2.05) is 0 Å². The number of alkyl halides is 1. The van der Waals surface area contributed by atoms with Crippen LogP contribution in [-0.4, -0.2) is 5.33 Å². The Balaban J connectivity index is 2.35. The summed E-state index contributed by atoms with van der Waals surface area (Å²) in [6.45, 7) is 4.69. The predicted molar refractivity (Wildman–Crippen MR) is 63.3 cm³/mol. The molecule has 1 heteroatoms. The van der Waals surface area contributed by atoms with Crippen LogP contribution in [0.2, 0.25) is 0 Å². The van der Waals surface area contributed by atoms with Crippen LogP contribution in [0.5, 0.6) is 0 Å². The van der Waals surface area contributed by atoms with Crippen molar-refractivity contribution >= 4 is 15.9 Å². The largest absolute Gasteiger partial charge is 0.0925 e. The lowest BCUT2D eigenvalue weighted by Gasteiger charge is -2.26. The quantitative estimate of drug-likeness (QED) is 0.505. The van der Waals surface area contributed by atoms with Crippen molar-refractivity contribution in [1.82, 2.24) is 0 Å². The Morgan fingerprint density at radius 3 is 2.46 bits per heavy atom. The number of halogens is 1. The summed E-state index contributed by atoms with van der Waals surface area (Å²) in [5.41, 5.74) is 1.63. The lowest BCUT2D eigenvalue weighted by Crippen LogP contribution is -2.13. The zero-order valence-electron chi connectivity index (χ0n) is 8.85. The highest BCUT2D eigenvalue weighted by atomic mass is 79.9. The molecular weight excluding hydrogens is 224 g/mol. The maximum Gasteiger partial charge on any atom is 0.00660 e. The minimum absolute atomic E-state index is 0.898. The molecule has 1 saturated carbocycles. The Labute approximate surface area is 90.9 Å². The van der Waals surface area contributed by atoms with Crippen molar-refractivity contribution < 1.29 is 0 Å². The zero-order chi connectivity index (χ0) is 9.68. The van der Waals surface area contributed by atoms with Crippen molar-refractivity contribution in [3.63, 3.8) is 0 Å². The van der Waals surface area contributed by atoms with Gasteiger partial charge in [0, 0.05) is 5.33 Å². The molecule has 13 heavy (non-hydrogen) atoms. The Bertz CT molecular complexity index is 164. The third-order valence-corrected chi connectivity index (χ3v) is 3.69. The van der Waals surface area contributed by atoms with E-state index >= 15 is 0 Å². The highest BCUT2D eigenvalue weighted by molar-refractivity contribution is 9.09. The molecule has 0 aromatic rings. The fourth-order valence-electron chi connectivity index (χ4n) is 2.16. The second-order valence-corrected chi connectivity index (χ2v) is 5.18. The average molecular weight is 245 g/mol. The van der Waals surface area contributed by atoms with Crippen LogP contribution in [0.15, 0.2) is 11.6 Å². The number of hydrogen-bond donors (Lipinski definition) is 0. The molecule has 0 radical (unpaired) electrons. The van der Waals surface area contributed by atoms with E-state index < -0.39 is 0 Å². The van der Waals surface area contributed by atoms with E-state index in [2.05, 4.69) is 35.9 Å². The van der Waals surface area contributed by atoms with Gasteiger partial charge in [0.2, 0.25) is 0 Å². The lowest BCUT2D eigenvalue weighted by molar-refractivity contribution is 0.320. The van der Waals surface area contributed by atoms with Gasteiger partial charge in [-0.05, 0) is 38.0 Å². The molecule has 0 N–H and O–H groups in total. The van der Waals surface area contributed by atoms with Gasteiger partial charge in [-0.25, -0.2) is 0 Å². The number of rotatable bonds is 3. The van der Waals surface area contributed by atoms with Crippen molar-refractivity contribution in [1.29, 1.82) is 0 Å². The van der Waals surface area contributed by atoms with Gasteiger partial charge in [0.25, 0.3) is 0 Å². The highest BCUT2D eigenvalue weighted by Crippen LogP contribution is 2.32. The minimum Gasteiger partial charge on any atom is -0.0925 e. The average Bonchev–Trinajstić information content (AvgIpc) is 2.15. The van der Waals surface area contributed by atoms with Crippen LogP contribution in [0.4, 0.5) is 0 Å². The molecule has 1 fully saturated rings. The first-order valence-electron chi connectivity index (χ1n) is 5.46. The molecule has 0 aromatic heterocycles. The summed E-state index contributed by atoms with van der Waals surface area (Å²) in [4.78, 5) is 0. The fraction of sp³-hybridized carbons (Fsp3) is 0.833. The van der Waals surface area contributed by atoms with E-state index in [1.54, 1.807) is 5.57 Å². The van der Waals surface area contributed by atoms with Crippen molar-refractivity contribution in [2.45, 2.75) is 46.0 Å². The summed E-state index contributed by atoms with van der Waals surface area (Å²) >= 11 is 3.47. The molecule has 0 aromatic carbocycles. The number of allylic oxidation sites excluding steroid dienone is 2. The summed E-state index contributed by atoms with van der Waals surface area (Å²) < 4.78 is 0. The van der Waals surface area contributed by atoms with Crippen molar-refractivity contribution in [2.75, 3.05) is 5.33 Å². The van der Waals surface area contributed by atoms with Crippen molar-refractivity contribution in [3.8, 4) is 0 Å². The Morgan fingerprint density at radius 2 is 1.92 bits per heavy atom. The monoisotopic (exact) mass is 244 g/mol. The SMILES string of the molecule is CC(=CCCBr)C1CCC(C)CC1. The molecular formula is C12H21Br. The molecule has 0 spiro atoms. The van der Waals surface area contributed by atoms with Crippen LogP contribution in [0, 0.1) is 11.8 Å². The summed E-state index contributed by atoms with van der Waals surface area (Å²) in [7, 11) is 0. The van der Waals surface area contributed by atoms with Crippen LogP contribution in [0.3, 0.4) is 0 Å². The van der Waals surface area contributed by atoms with Crippen molar-refractivity contribution in [2.24, 2.45) is 11.8 Å². The van der Waals surface area contributed by atoms with Gasteiger partial charge >= 0.3 is 0 Å². The molecule has 0 amide bonds. The summed E-state index contributed by atoms with van der Waals surface area (Å²) in [5.74, 6) is 1.87. The first-order valence-corrected chi connectivity index (χ1v) is 6.58. The standard InChI is InChI=1S/C12H21Br/c1-10-5-7-12(8-6-10)11(2)4-3-9-13/h4,10,12H,3,5-9H2,1-2H3. The first-order chi connectivity index (χ1) is 6.24. The van der Waals surface area contributed by atoms with Crippen molar-refractivity contribution in [3.05, 3.63) is 11.6 Å². The van der Waals surface area contributed by atoms with E-state index in [1.165, 1.54) is 32.1 Å². The minimum atomic E-state index is 0.898. The Hall–Kier alpha value is 0.220. The fourth-order valence-corrected chi connectivity index (χ4v) is 2.39. The molecule has 0 bridgehead atoms. The van der Waals surface area contributed by atoms with Gasteiger partial charge in [0.15, 0.2) is 0 Å². The van der Waals surface area contributed by atoms with E-state index in [0.717, 1.165) is 17.2 Å². The third kappa shape index (κ3) is 3.84. The van der Waals surface area contributed by atoms with Gasteiger partial charge in [0.05, 0.1) is 0 Å². The van der Waals surface area contributed by atoms with Gasteiger partial charge in [0.1, 0.15) is 0 Å². The maximum atomic E-state index is 3.47. The summed E-state index contributed by atoms with van der Waals surface area (Å²) in [5, 5.41) is 1.10. The van der Waals surface area contributed by atoms with E-state index in [4.69, 9.17) is 0 Å². The van der Waals surface area contributed by atoms with Crippen LogP contribution >= 0.6 is 15.9 Å². The predicted octanol–water partition coefficient (Wildman–Crippen LogP) is 4.54. The molecule has 1 rings (SSSR count). The maximum absolute atomic E-state index is 3.47. The van der Waals surface area contributed by atoms with Gasteiger partial charge < -0.3 is 0 Å². The topological polar surface area (TPSA) is 0 Å². The normalized spacial score (nSPS) is 30.5. The molecule has 0 nitrogen and oxygen atoms in total. The second-order valence-electron chi connectivity index (χ2n) is 4.38. The van der Waals surface area contributed by atoms with Crippen LogP contribution in [0.1, 0.15) is 46.0 Å². The molecule has 0 unspecified atom stereocenters. The van der Waals surface area contributed by atoms with E-state index in [-0.39, 0.29) is 0 Å². The van der Waals surface area contributed by atoms with Gasteiger partial charge in [-0.1, -0.05) is 47.3 Å². The molecule has 76 valence electrons. The highest BCUT2D eigenvalue weighted by Gasteiger charge is 2.18. The number of hydrogen-bond acceptors (Lipinski definition) is 0. The molecule has 0 heterocycles. The Morgan fingerprint density at radius 1 is 1.31 bits per heavy atom. The molecule has 0 atom stereocenters. The summed E-state index contributed by atoms with van der Waals surface area (Å²) in [6.07, 6.45) is 9.32. The van der Waals surface area contributed by atoms with E-state index in [9.17, 15) is 0 Å². The van der Waals surface area contributed by atoms with Gasteiger partial charge in [-0.2, -0.15) is 0 Å². The van der Waals surface area contributed by atoms with E-state index in [0.29, 0.717) is 0 Å². The zero-order valence-corrected chi connectivity index (χ0v) is 10.4. The molecule has 1 aliphatic carbocycles. The second kappa shape index (κ2) is 5.85. The van der Waals surface area contributed by atoms with Gasteiger partial charge in [-0.15, -0.1) is 0 Å². The lowest BCUT2D eigenvalue weighted by atomic mass is 9.79. The first kappa shape index (κ1) is 11.3. The van der Waals surface area contributed by atoms with Crippen LogP contribution in [-0.2, 0) is 0 Å². The molecule has 1 aliphatic rings. The Kier molecular flexibility index (Phi) is 5.08. The van der Waals surface area contributed by atoms with Gasteiger partial charge in [-0.3, -0.25) is 0 Å². The molecule has 0 aliphatic heterocycles. The smallest absolute Gasteiger partial charge is 0.00660 e. The summed E-state index contributed by atoms with van der Waals surface area (Å²) in [6, 6.07) is 0. The van der Waals surface area contributed by atoms with Crippen LogP contribution in [0.25, 0.3) is 0 Å².